The molecule has 0 bridgehead atoms. The molecule has 2 aromatic heterocycles. The van der Waals surface area contributed by atoms with Crippen molar-refractivity contribution in [1.82, 2.24) is 9.97 Å². The minimum atomic E-state index is 0.700. The Balaban J connectivity index is 0.000000172. The molecule has 4 nitrogen and oxygen atoms in total. The molecular formula is C18H22N4. The van der Waals surface area contributed by atoms with E-state index in [9.17, 15) is 0 Å². The molecule has 0 radical (unpaired) electrons. The standard InChI is InChI=1S/C11H12N2.C7H10N2/c12-6-5-9-3-4-11-10(8-9)2-1-7-13-11;8-4-1-7-2-5-9-6-3-7/h1-4,7-8H,5-6,12H2;2-3,5-6H,1,4,8H2. The smallest absolute Gasteiger partial charge is 0.0702 e. The summed E-state index contributed by atoms with van der Waals surface area (Å²) >= 11 is 0. The summed E-state index contributed by atoms with van der Waals surface area (Å²) < 4.78 is 0. The average molecular weight is 294 g/mol. The van der Waals surface area contributed by atoms with Crippen LogP contribution in [0.15, 0.2) is 61.1 Å². The van der Waals surface area contributed by atoms with Gasteiger partial charge in [-0.25, -0.2) is 0 Å². The quantitative estimate of drug-likeness (QED) is 0.774. The van der Waals surface area contributed by atoms with Crippen LogP contribution in [0.2, 0.25) is 0 Å². The summed E-state index contributed by atoms with van der Waals surface area (Å²) in [6.45, 7) is 1.41. The molecule has 0 fully saturated rings. The fourth-order valence-electron chi connectivity index (χ4n) is 2.16. The molecule has 0 unspecified atom stereocenters. The van der Waals surface area contributed by atoms with Crippen molar-refractivity contribution in [3.8, 4) is 0 Å². The number of fused-ring (bicyclic) bond motifs is 1. The molecule has 1 aromatic carbocycles. The number of benzene rings is 1. The molecule has 4 heteroatoms. The lowest BCUT2D eigenvalue weighted by molar-refractivity contribution is 0.964. The number of rotatable bonds is 4. The molecule has 0 amide bonds. The molecule has 0 spiro atoms. The van der Waals surface area contributed by atoms with Gasteiger partial charge in [0.1, 0.15) is 0 Å². The molecular weight excluding hydrogens is 272 g/mol. The third kappa shape index (κ3) is 4.91. The van der Waals surface area contributed by atoms with E-state index in [1.807, 2.05) is 30.5 Å². The van der Waals surface area contributed by atoms with Crippen molar-refractivity contribution in [2.75, 3.05) is 13.1 Å². The van der Waals surface area contributed by atoms with Gasteiger partial charge in [-0.15, -0.1) is 0 Å². The van der Waals surface area contributed by atoms with Crippen molar-refractivity contribution in [2.45, 2.75) is 12.8 Å². The van der Waals surface area contributed by atoms with E-state index in [1.54, 1.807) is 12.4 Å². The monoisotopic (exact) mass is 294 g/mol. The van der Waals surface area contributed by atoms with Crippen LogP contribution in [0.3, 0.4) is 0 Å². The predicted molar refractivity (Wildman–Crippen MR) is 91.5 cm³/mol. The number of hydrogen-bond donors (Lipinski definition) is 2. The molecule has 0 saturated heterocycles. The van der Waals surface area contributed by atoms with Gasteiger partial charge in [0.25, 0.3) is 0 Å². The van der Waals surface area contributed by atoms with Gasteiger partial charge >= 0.3 is 0 Å². The van der Waals surface area contributed by atoms with Gasteiger partial charge in [0, 0.05) is 24.0 Å². The first kappa shape index (κ1) is 16.1. The average Bonchev–Trinajstić information content (AvgIpc) is 2.57. The van der Waals surface area contributed by atoms with E-state index in [2.05, 4.69) is 28.2 Å². The first-order chi connectivity index (χ1) is 10.8. The molecule has 0 saturated carbocycles. The maximum Gasteiger partial charge on any atom is 0.0702 e. The topological polar surface area (TPSA) is 77.8 Å². The molecule has 0 aliphatic heterocycles. The molecule has 3 rings (SSSR count). The minimum Gasteiger partial charge on any atom is -0.330 e. The van der Waals surface area contributed by atoms with E-state index < -0.39 is 0 Å². The number of aromatic nitrogens is 2. The van der Waals surface area contributed by atoms with E-state index in [0.29, 0.717) is 13.1 Å². The van der Waals surface area contributed by atoms with E-state index in [4.69, 9.17) is 11.5 Å². The van der Waals surface area contributed by atoms with Gasteiger partial charge in [0.15, 0.2) is 0 Å². The highest BCUT2D eigenvalue weighted by molar-refractivity contribution is 5.78. The third-order valence-electron chi connectivity index (χ3n) is 3.28. The Hall–Kier alpha value is -2.30. The number of nitrogens with zero attached hydrogens (tertiary/aromatic N) is 2. The zero-order valence-corrected chi connectivity index (χ0v) is 12.7. The van der Waals surface area contributed by atoms with Gasteiger partial charge in [0.05, 0.1) is 5.52 Å². The van der Waals surface area contributed by atoms with Crippen LogP contribution in [0.1, 0.15) is 11.1 Å². The Morgan fingerprint density at radius 1 is 0.773 bits per heavy atom. The van der Waals surface area contributed by atoms with Crippen LogP contribution in [0.25, 0.3) is 10.9 Å². The van der Waals surface area contributed by atoms with Gasteiger partial charge < -0.3 is 11.5 Å². The van der Waals surface area contributed by atoms with Crippen LogP contribution < -0.4 is 11.5 Å². The second-order valence-electron chi connectivity index (χ2n) is 4.96. The fraction of sp³-hybridized carbons (Fsp3) is 0.222. The van der Waals surface area contributed by atoms with Crippen LogP contribution in [0, 0.1) is 0 Å². The van der Waals surface area contributed by atoms with Crippen molar-refractivity contribution in [1.29, 1.82) is 0 Å². The Bertz CT molecular complexity index is 683. The lowest BCUT2D eigenvalue weighted by Crippen LogP contribution is -2.02. The SMILES string of the molecule is NCCc1ccc2ncccc2c1.NCCc1ccncc1. The summed E-state index contributed by atoms with van der Waals surface area (Å²) in [7, 11) is 0. The maximum absolute atomic E-state index is 5.49. The van der Waals surface area contributed by atoms with Gasteiger partial charge in [-0.05, 0) is 67.4 Å². The first-order valence-electron chi connectivity index (χ1n) is 7.46. The predicted octanol–water partition coefficient (Wildman–Crippen LogP) is 2.32. The molecule has 0 aliphatic rings. The normalized spacial score (nSPS) is 10.1. The third-order valence-corrected chi connectivity index (χ3v) is 3.28. The van der Waals surface area contributed by atoms with E-state index in [1.165, 1.54) is 16.5 Å². The van der Waals surface area contributed by atoms with Gasteiger partial charge in [-0.2, -0.15) is 0 Å². The summed E-state index contributed by atoms with van der Waals surface area (Å²) in [5.41, 5.74) is 14.4. The van der Waals surface area contributed by atoms with Gasteiger partial charge in [-0.3, -0.25) is 9.97 Å². The summed E-state index contributed by atoms with van der Waals surface area (Å²) in [5.74, 6) is 0. The van der Waals surface area contributed by atoms with E-state index in [0.717, 1.165) is 18.4 Å². The Labute approximate surface area is 131 Å². The lowest BCUT2D eigenvalue weighted by Gasteiger charge is -2.00. The van der Waals surface area contributed by atoms with Crippen LogP contribution in [0.5, 0.6) is 0 Å². The highest BCUT2D eigenvalue weighted by Gasteiger charge is 1.95. The fourth-order valence-corrected chi connectivity index (χ4v) is 2.16. The largest absolute Gasteiger partial charge is 0.330 e. The summed E-state index contributed by atoms with van der Waals surface area (Å²) in [6.07, 6.45) is 7.26. The summed E-state index contributed by atoms with van der Waals surface area (Å²) in [6, 6.07) is 14.3. The second-order valence-corrected chi connectivity index (χ2v) is 4.96. The van der Waals surface area contributed by atoms with Crippen molar-refractivity contribution in [3.05, 3.63) is 72.2 Å². The zero-order chi connectivity index (χ0) is 15.6. The van der Waals surface area contributed by atoms with Crippen LogP contribution in [0.4, 0.5) is 0 Å². The molecule has 22 heavy (non-hydrogen) atoms. The molecule has 0 atom stereocenters. The van der Waals surface area contributed by atoms with Crippen molar-refractivity contribution >= 4 is 10.9 Å². The van der Waals surface area contributed by atoms with Crippen molar-refractivity contribution in [2.24, 2.45) is 11.5 Å². The van der Waals surface area contributed by atoms with Crippen LogP contribution in [-0.2, 0) is 12.8 Å². The van der Waals surface area contributed by atoms with Crippen LogP contribution in [-0.4, -0.2) is 23.1 Å². The van der Waals surface area contributed by atoms with Crippen LogP contribution >= 0.6 is 0 Å². The maximum atomic E-state index is 5.49. The van der Waals surface area contributed by atoms with Crippen molar-refractivity contribution in [3.63, 3.8) is 0 Å². The molecule has 114 valence electrons. The molecule has 4 N–H and O–H groups in total. The highest BCUT2D eigenvalue weighted by atomic mass is 14.6. The first-order valence-corrected chi connectivity index (χ1v) is 7.46. The zero-order valence-electron chi connectivity index (χ0n) is 12.7. The number of nitrogens with two attached hydrogens (primary N) is 2. The van der Waals surface area contributed by atoms with Crippen molar-refractivity contribution < 1.29 is 0 Å². The Morgan fingerprint density at radius 2 is 1.50 bits per heavy atom. The number of hydrogen-bond acceptors (Lipinski definition) is 4. The Kier molecular flexibility index (Phi) is 6.48. The summed E-state index contributed by atoms with van der Waals surface area (Å²) in [4.78, 5) is 8.14. The minimum absolute atomic E-state index is 0.700. The molecule has 0 aliphatic carbocycles. The lowest BCUT2D eigenvalue weighted by atomic mass is 10.1. The van der Waals surface area contributed by atoms with E-state index >= 15 is 0 Å². The number of pyridine rings is 2. The van der Waals surface area contributed by atoms with E-state index in [-0.39, 0.29) is 0 Å². The second kappa shape index (κ2) is 8.87. The summed E-state index contributed by atoms with van der Waals surface area (Å²) in [5, 5.41) is 1.19. The molecule has 3 aromatic rings. The highest BCUT2D eigenvalue weighted by Crippen LogP contribution is 2.13. The van der Waals surface area contributed by atoms with Gasteiger partial charge in [-0.1, -0.05) is 12.1 Å². The Morgan fingerprint density at radius 3 is 2.23 bits per heavy atom. The molecule has 2 heterocycles. The van der Waals surface area contributed by atoms with Gasteiger partial charge in [0.2, 0.25) is 0 Å².